The molecule has 1 aromatic heterocycles. The Morgan fingerprint density at radius 1 is 1.12 bits per heavy atom. The smallest absolute Gasteiger partial charge is 0.220 e. The van der Waals surface area contributed by atoms with Gasteiger partial charge in [-0.15, -0.1) is 0 Å². The summed E-state index contributed by atoms with van der Waals surface area (Å²) in [6.45, 7) is 5.63. The molecule has 128 valence electrons. The molecule has 4 nitrogen and oxygen atoms in total. The Bertz CT molecular complexity index is 609. The first-order chi connectivity index (χ1) is 11.6. The van der Waals surface area contributed by atoms with Crippen LogP contribution in [0, 0.1) is 5.92 Å². The molecule has 24 heavy (non-hydrogen) atoms. The quantitative estimate of drug-likeness (QED) is 0.768. The monoisotopic (exact) mass is 326 g/mol. The minimum atomic E-state index is 0.0672. The lowest BCUT2D eigenvalue weighted by Gasteiger charge is -2.09. The highest BCUT2D eigenvalue weighted by Gasteiger charge is 2.03. The summed E-state index contributed by atoms with van der Waals surface area (Å²) >= 11 is 0. The van der Waals surface area contributed by atoms with E-state index in [1.807, 2.05) is 30.3 Å². The molecular weight excluding hydrogens is 300 g/mol. The number of benzene rings is 1. The van der Waals surface area contributed by atoms with Crippen LogP contribution < -0.4 is 10.1 Å². The second kappa shape index (κ2) is 9.71. The van der Waals surface area contributed by atoms with Gasteiger partial charge in [0.25, 0.3) is 0 Å². The maximum absolute atomic E-state index is 11.9. The molecule has 0 spiro atoms. The maximum atomic E-state index is 11.9. The number of carbonyl (C=O) groups excluding carboxylic acids is 1. The summed E-state index contributed by atoms with van der Waals surface area (Å²) in [5, 5.41) is 2.96. The number of nitrogens with one attached hydrogen (secondary N) is 1. The Labute approximate surface area is 144 Å². The summed E-state index contributed by atoms with van der Waals surface area (Å²) in [4.78, 5) is 16.1. The van der Waals surface area contributed by atoms with Gasteiger partial charge in [-0.1, -0.05) is 32.0 Å². The molecule has 0 aliphatic rings. The van der Waals surface area contributed by atoms with Crippen molar-refractivity contribution in [2.24, 2.45) is 5.92 Å². The minimum Gasteiger partial charge on any atom is -0.493 e. The molecule has 0 atom stereocenters. The third kappa shape index (κ3) is 6.82. The van der Waals surface area contributed by atoms with E-state index in [1.165, 1.54) is 5.56 Å². The first-order valence-electron chi connectivity index (χ1n) is 8.52. The van der Waals surface area contributed by atoms with Gasteiger partial charge in [-0.25, -0.2) is 0 Å². The molecule has 0 bridgehead atoms. The molecule has 1 amide bonds. The number of hydrogen-bond donors (Lipinski definition) is 1. The van der Waals surface area contributed by atoms with E-state index in [0.717, 1.165) is 24.5 Å². The molecule has 0 aliphatic heterocycles. The van der Waals surface area contributed by atoms with Crippen LogP contribution in [-0.2, 0) is 17.6 Å². The zero-order chi connectivity index (χ0) is 17.2. The Hall–Kier alpha value is -2.36. The van der Waals surface area contributed by atoms with E-state index in [1.54, 1.807) is 6.20 Å². The zero-order valence-electron chi connectivity index (χ0n) is 14.5. The molecule has 1 heterocycles. The highest BCUT2D eigenvalue weighted by molar-refractivity contribution is 5.76. The average molecular weight is 326 g/mol. The van der Waals surface area contributed by atoms with E-state index in [4.69, 9.17) is 4.74 Å². The van der Waals surface area contributed by atoms with Crippen LogP contribution in [0.4, 0.5) is 0 Å². The molecule has 1 aromatic carbocycles. The van der Waals surface area contributed by atoms with Gasteiger partial charge in [0.15, 0.2) is 0 Å². The molecule has 2 rings (SSSR count). The number of aromatic nitrogens is 1. The number of rotatable bonds is 9. The number of carbonyl (C=O) groups is 1. The van der Waals surface area contributed by atoms with Crippen molar-refractivity contribution in [2.75, 3.05) is 13.2 Å². The van der Waals surface area contributed by atoms with Crippen molar-refractivity contribution in [3.63, 3.8) is 0 Å². The summed E-state index contributed by atoms with van der Waals surface area (Å²) in [7, 11) is 0. The van der Waals surface area contributed by atoms with Gasteiger partial charge >= 0.3 is 0 Å². The number of aryl methyl sites for hydroxylation is 1. The van der Waals surface area contributed by atoms with Crippen molar-refractivity contribution in [1.29, 1.82) is 0 Å². The fourth-order valence-corrected chi connectivity index (χ4v) is 2.24. The number of pyridine rings is 1. The predicted molar refractivity (Wildman–Crippen MR) is 96.0 cm³/mol. The van der Waals surface area contributed by atoms with Gasteiger partial charge in [-0.2, -0.15) is 0 Å². The fourth-order valence-electron chi connectivity index (χ4n) is 2.24. The van der Waals surface area contributed by atoms with Gasteiger partial charge < -0.3 is 10.1 Å². The van der Waals surface area contributed by atoms with Crippen molar-refractivity contribution in [3.8, 4) is 5.75 Å². The van der Waals surface area contributed by atoms with Crippen LogP contribution in [-0.4, -0.2) is 24.0 Å². The van der Waals surface area contributed by atoms with Crippen molar-refractivity contribution >= 4 is 5.91 Å². The summed E-state index contributed by atoms with van der Waals surface area (Å²) in [6, 6.07) is 13.8. The second-order valence-corrected chi connectivity index (χ2v) is 6.27. The number of ether oxygens (including phenoxy) is 1. The standard InChI is InChI=1S/C20H26N2O2/c1-16(2)15-24-19-9-6-17(7-10-19)12-14-22-20(23)11-8-18-5-3-4-13-21-18/h3-7,9-10,13,16H,8,11-12,14-15H2,1-2H3,(H,22,23). The van der Waals surface area contributed by atoms with Crippen LogP contribution in [0.25, 0.3) is 0 Å². The Kier molecular flexibility index (Phi) is 7.27. The van der Waals surface area contributed by atoms with Gasteiger partial charge in [0.1, 0.15) is 5.75 Å². The molecular formula is C20H26N2O2. The van der Waals surface area contributed by atoms with Crippen LogP contribution in [0.5, 0.6) is 5.75 Å². The van der Waals surface area contributed by atoms with E-state index in [-0.39, 0.29) is 5.91 Å². The normalized spacial score (nSPS) is 10.6. The number of nitrogens with zero attached hydrogens (tertiary/aromatic N) is 1. The van der Waals surface area contributed by atoms with E-state index in [2.05, 4.69) is 36.3 Å². The molecule has 4 heteroatoms. The lowest BCUT2D eigenvalue weighted by atomic mass is 10.1. The van der Waals surface area contributed by atoms with E-state index >= 15 is 0 Å². The van der Waals surface area contributed by atoms with Crippen molar-refractivity contribution in [2.45, 2.75) is 33.1 Å². The molecule has 0 fully saturated rings. The van der Waals surface area contributed by atoms with E-state index < -0.39 is 0 Å². The Balaban J connectivity index is 1.65. The molecule has 0 aliphatic carbocycles. The highest BCUT2D eigenvalue weighted by Crippen LogP contribution is 2.13. The molecule has 2 aromatic rings. The topological polar surface area (TPSA) is 51.2 Å². The summed E-state index contributed by atoms with van der Waals surface area (Å²) in [6.07, 6.45) is 3.72. The van der Waals surface area contributed by atoms with Crippen LogP contribution in [0.15, 0.2) is 48.7 Å². The Morgan fingerprint density at radius 2 is 1.92 bits per heavy atom. The first kappa shape index (κ1) is 18.0. The third-order valence-electron chi connectivity index (χ3n) is 3.58. The van der Waals surface area contributed by atoms with Gasteiger partial charge in [-0.05, 0) is 48.6 Å². The second-order valence-electron chi connectivity index (χ2n) is 6.27. The molecule has 0 radical (unpaired) electrons. The van der Waals surface area contributed by atoms with Gasteiger partial charge in [0.2, 0.25) is 5.91 Å². The number of hydrogen-bond acceptors (Lipinski definition) is 3. The highest BCUT2D eigenvalue weighted by atomic mass is 16.5. The largest absolute Gasteiger partial charge is 0.493 e. The summed E-state index contributed by atoms with van der Waals surface area (Å²) < 4.78 is 5.66. The van der Waals surface area contributed by atoms with E-state index in [9.17, 15) is 4.79 Å². The van der Waals surface area contributed by atoms with Crippen molar-refractivity contribution < 1.29 is 9.53 Å². The number of amides is 1. The summed E-state index contributed by atoms with van der Waals surface area (Å²) in [5.41, 5.74) is 2.14. The van der Waals surface area contributed by atoms with Crippen LogP contribution in [0.1, 0.15) is 31.5 Å². The molecule has 0 saturated carbocycles. The van der Waals surface area contributed by atoms with Gasteiger partial charge in [0, 0.05) is 24.9 Å². The minimum absolute atomic E-state index is 0.0672. The van der Waals surface area contributed by atoms with Crippen LogP contribution in [0.3, 0.4) is 0 Å². The molecule has 0 unspecified atom stereocenters. The fraction of sp³-hybridized carbons (Fsp3) is 0.400. The lowest BCUT2D eigenvalue weighted by Crippen LogP contribution is -2.25. The zero-order valence-corrected chi connectivity index (χ0v) is 14.5. The predicted octanol–water partition coefficient (Wildman–Crippen LogP) is 3.41. The van der Waals surface area contributed by atoms with Crippen LogP contribution >= 0.6 is 0 Å². The van der Waals surface area contributed by atoms with Crippen molar-refractivity contribution in [3.05, 3.63) is 59.9 Å². The maximum Gasteiger partial charge on any atom is 0.220 e. The summed E-state index contributed by atoms with van der Waals surface area (Å²) in [5.74, 6) is 1.48. The molecule has 0 saturated heterocycles. The van der Waals surface area contributed by atoms with Crippen molar-refractivity contribution in [1.82, 2.24) is 10.3 Å². The average Bonchev–Trinajstić information content (AvgIpc) is 2.60. The third-order valence-corrected chi connectivity index (χ3v) is 3.58. The van der Waals surface area contributed by atoms with E-state index in [0.29, 0.717) is 25.3 Å². The first-order valence-corrected chi connectivity index (χ1v) is 8.52. The SMILES string of the molecule is CC(C)COc1ccc(CCNC(=O)CCc2ccccn2)cc1. The van der Waals surface area contributed by atoms with Gasteiger partial charge in [0.05, 0.1) is 6.61 Å². The molecule has 1 N–H and O–H groups in total. The Morgan fingerprint density at radius 3 is 2.58 bits per heavy atom. The van der Waals surface area contributed by atoms with Gasteiger partial charge in [-0.3, -0.25) is 9.78 Å². The lowest BCUT2D eigenvalue weighted by molar-refractivity contribution is -0.121. The van der Waals surface area contributed by atoms with Crippen LogP contribution in [0.2, 0.25) is 0 Å².